The number of ether oxygens (including phenoxy) is 2. The topological polar surface area (TPSA) is 85.2 Å². The molecular formula is C7H14O6S. The van der Waals surface area contributed by atoms with Gasteiger partial charge in [-0.1, -0.05) is 0 Å². The molecule has 14 heavy (non-hydrogen) atoms. The Bertz CT molecular complexity index is 206. The lowest BCUT2D eigenvalue weighted by atomic mass is 10.3. The van der Waals surface area contributed by atoms with Gasteiger partial charge in [0.15, 0.2) is 0 Å². The number of hydrogen-bond donors (Lipinski definition) is 2. The fourth-order valence-corrected chi connectivity index (χ4v) is 2.25. The second-order valence-electron chi connectivity index (χ2n) is 2.81. The summed E-state index contributed by atoms with van der Waals surface area (Å²) in [6, 6.07) is 0. The van der Waals surface area contributed by atoms with E-state index < -0.39 is 23.1 Å². The quantitative estimate of drug-likeness (QED) is 0.696. The maximum absolute atomic E-state index is 10.9. The minimum Gasteiger partial charge on any atom is -0.435 e. The molecule has 0 saturated carbocycles. The Morgan fingerprint density at radius 2 is 2.36 bits per heavy atom. The maximum atomic E-state index is 10.9. The van der Waals surface area contributed by atoms with Crippen LogP contribution in [0.4, 0.5) is 4.79 Å². The van der Waals surface area contributed by atoms with E-state index in [2.05, 4.69) is 4.74 Å². The van der Waals surface area contributed by atoms with Crippen LogP contribution in [-0.4, -0.2) is 40.3 Å². The highest BCUT2D eigenvalue weighted by molar-refractivity contribution is 8.20. The maximum Gasteiger partial charge on any atom is 0.508 e. The third-order valence-corrected chi connectivity index (χ3v) is 2.99. The first-order valence-electron chi connectivity index (χ1n) is 4.27. The summed E-state index contributed by atoms with van der Waals surface area (Å²) in [6.45, 7) is 2.07. The van der Waals surface area contributed by atoms with Crippen LogP contribution in [0.1, 0.15) is 13.3 Å². The predicted octanol–water partition coefficient (Wildman–Crippen LogP) is 1.61. The van der Waals surface area contributed by atoms with Gasteiger partial charge in [0.1, 0.15) is 6.10 Å². The molecule has 0 aromatic heterocycles. The molecule has 6 nitrogen and oxygen atoms in total. The monoisotopic (exact) mass is 226 g/mol. The Morgan fingerprint density at radius 3 is 2.93 bits per heavy atom. The highest BCUT2D eigenvalue weighted by Gasteiger charge is 2.31. The Morgan fingerprint density at radius 1 is 1.64 bits per heavy atom. The average Bonchev–Trinajstić information content (AvgIpc) is 2.02. The summed E-state index contributed by atoms with van der Waals surface area (Å²) in [5.74, 6) is -0.0776. The Labute approximate surface area is 83.7 Å². The molecule has 1 saturated heterocycles. The van der Waals surface area contributed by atoms with Gasteiger partial charge in [-0.3, -0.25) is 4.18 Å². The van der Waals surface area contributed by atoms with Crippen LogP contribution in [-0.2, 0) is 13.7 Å². The molecule has 0 bridgehead atoms. The molecule has 0 aliphatic carbocycles. The number of carbonyl (C=O) groups is 1. The average molecular weight is 226 g/mol. The molecule has 0 radical (unpaired) electrons. The van der Waals surface area contributed by atoms with E-state index in [4.69, 9.17) is 8.92 Å². The van der Waals surface area contributed by atoms with E-state index in [1.807, 2.05) is 0 Å². The van der Waals surface area contributed by atoms with Crippen molar-refractivity contribution in [1.82, 2.24) is 0 Å². The van der Waals surface area contributed by atoms with Crippen LogP contribution in [0.15, 0.2) is 0 Å². The summed E-state index contributed by atoms with van der Waals surface area (Å²) in [6.07, 6.45) is -0.864. The van der Waals surface area contributed by atoms with Crippen molar-refractivity contribution >= 4 is 17.0 Å². The summed E-state index contributed by atoms with van der Waals surface area (Å²) in [7, 11) is -3.03. The Balaban J connectivity index is 2.34. The van der Waals surface area contributed by atoms with Crippen LogP contribution in [0.3, 0.4) is 0 Å². The molecule has 0 aromatic carbocycles. The second-order valence-corrected chi connectivity index (χ2v) is 4.59. The molecule has 0 spiro atoms. The lowest BCUT2D eigenvalue weighted by Crippen LogP contribution is -2.32. The van der Waals surface area contributed by atoms with Crippen molar-refractivity contribution in [2.24, 2.45) is 0 Å². The Hall–Kier alpha value is -0.500. The fraction of sp³-hybridized carbons (Fsp3) is 0.857. The van der Waals surface area contributed by atoms with Gasteiger partial charge in [0.25, 0.3) is 0 Å². The molecule has 2 N–H and O–H groups in total. The number of carbonyl (C=O) groups excluding carboxylic acids is 1. The number of rotatable bonds is 2. The van der Waals surface area contributed by atoms with E-state index >= 15 is 0 Å². The first-order valence-corrected chi connectivity index (χ1v) is 5.91. The fourth-order valence-electron chi connectivity index (χ4n) is 1.07. The molecule has 84 valence electrons. The minimum absolute atomic E-state index is 0.0776. The van der Waals surface area contributed by atoms with Crippen LogP contribution < -0.4 is 0 Å². The van der Waals surface area contributed by atoms with Crippen LogP contribution in [0.25, 0.3) is 0 Å². The van der Waals surface area contributed by atoms with Gasteiger partial charge < -0.3 is 18.6 Å². The molecule has 1 fully saturated rings. The summed E-state index contributed by atoms with van der Waals surface area (Å²) in [5, 5.41) is 0. The van der Waals surface area contributed by atoms with Crippen molar-refractivity contribution in [1.29, 1.82) is 0 Å². The van der Waals surface area contributed by atoms with Crippen LogP contribution in [0.5, 0.6) is 0 Å². The van der Waals surface area contributed by atoms with Crippen molar-refractivity contribution in [2.45, 2.75) is 19.4 Å². The van der Waals surface area contributed by atoms with Crippen molar-refractivity contribution in [3.05, 3.63) is 0 Å². The van der Waals surface area contributed by atoms with Crippen molar-refractivity contribution < 1.29 is 27.6 Å². The van der Waals surface area contributed by atoms with E-state index in [-0.39, 0.29) is 19.0 Å². The highest BCUT2D eigenvalue weighted by Crippen LogP contribution is 2.44. The van der Waals surface area contributed by atoms with E-state index in [9.17, 15) is 13.9 Å². The highest BCUT2D eigenvalue weighted by atomic mass is 32.3. The van der Waals surface area contributed by atoms with Gasteiger partial charge in [-0.25, -0.2) is 4.79 Å². The van der Waals surface area contributed by atoms with Gasteiger partial charge in [0, 0.05) is 6.42 Å². The molecule has 1 atom stereocenters. The van der Waals surface area contributed by atoms with Crippen molar-refractivity contribution in [2.75, 3.05) is 19.0 Å². The molecule has 1 heterocycles. The Kier molecular flexibility index (Phi) is 3.99. The summed E-state index contributed by atoms with van der Waals surface area (Å²) < 4.78 is 32.4. The first-order chi connectivity index (χ1) is 6.53. The molecule has 0 amide bonds. The standard InChI is InChI=1S/C7H14O6S/c1-2-11-7(8)13-6-3-4-12-14(9,10)5-6/h6,9-10H,2-5H2,1H3. The molecule has 1 aliphatic heterocycles. The van der Waals surface area contributed by atoms with E-state index in [1.165, 1.54) is 0 Å². The van der Waals surface area contributed by atoms with Crippen molar-refractivity contribution in [3.63, 3.8) is 0 Å². The second kappa shape index (κ2) is 4.83. The van der Waals surface area contributed by atoms with Crippen LogP contribution in [0.2, 0.25) is 0 Å². The van der Waals surface area contributed by atoms with Gasteiger partial charge in [0.2, 0.25) is 0 Å². The summed E-state index contributed by atoms with van der Waals surface area (Å²) >= 11 is 0. The number of hydrogen-bond acceptors (Lipinski definition) is 6. The van der Waals surface area contributed by atoms with Gasteiger partial charge in [0.05, 0.1) is 29.8 Å². The molecule has 1 unspecified atom stereocenters. The molecule has 0 aromatic rings. The van der Waals surface area contributed by atoms with Gasteiger partial charge in [-0.15, -0.1) is 0 Å². The molecule has 1 rings (SSSR count). The zero-order chi connectivity index (χ0) is 10.6. The van der Waals surface area contributed by atoms with Crippen LogP contribution in [0, 0.1) is 0 Å². The van der Waals surface area contributed by atoms with E-state index in [1.54, 1.807) is 6.92 Å². The third-order valence-electron chi connectivity index (χ3n) is 1.64. The SMILES string of the molecule is CCOC(=O)OC1CCOS(O)(O)C1. The predicted molar refractivity (Wildman–Crippen MR) is 50.2 cm³/mol. The largest absolute Gasteiger partial charge is 0.508 e. The smallest absolute Gasteiger partial charge is 0.435 e. The minimum atomic E-state index is -3.03. The van der Waals surface area contributed by atoms with E-state index in [0.717, 1.165) is 0 Å². The van der Waals surface area contributed by atoms with E-state index in [0.29, 0.717) is 6.42 Å². The normalized spacial score (nSPS) is 27.8. The van der Waals surface area contributed by atoms with Gasteiger partial charge in [-0.2, -0.15) is 0 Å². The first kappa shape index (κ1) is 11.6. The third kappa shape index (κ3) is 3.70. The lowest BCUT2D eigenvalue weighted by Gasteiger charge is -2.34. The molecular weight excluding hydrogens is 212 g/mol. The lowest BCUT2D eigenvalue weighted by molar-refractivity contribution is 0.0192. The molecule has 7 heteroatoms. The zero-order valence-corrected chi connectivity index (χ0v) is 8.66. The van der Waals surface area contributed by atoms with Gasteiger partial charge in [-0.05, 0) is 6.92 Å². The molecule has 1 aliphatic rings. The van der Waals surface area contributed by atoms with Crippen molar-refractivity contribution in [3.8, 4) is 0 Å². The zero-order valence-electron chi connectivity index (χ0n) is 7.84. The summed E-state index contributed by atoms with van der Waals surface area (Å²) in [5.41, 5.74) is 0. The van der Waals surface area contributed by atoms with Gasteiger partial charge >= 0.3 is 6.16 Å². The van der Waals surface area contributed by atoms with Crippen LogP contribution >= 0.6 is 10.9 Å². The summed E-state index contributed by atoms with van der Waals surface area (Å²) in [4.78, 5) is 10.9.